The molecule has 4 aliphatic carbocycles. The lowest BCUT2D eigenvalue weighted by molar-refractivity contribution is -0.156. The van der Waals surface area contributed by atoms with Crippen molar-refractivity contribution in [2.75, 3.05) is 0 Å². The molecule has 35 heavy (non-hydrogen) atoms. The van der Waals surface area contributed by atoms with Gasteiger partial charge >= 0.3 is 0 Å². The number of rotatable bonds is 5. The Kier molecular flexibility index (Phi) is 5.17. The zero-order valence-electron chi connectivity index (χ0n) is 18.8. The molecule has 5 aliphatic rings. The van der Waals surface area contributed by atoms with E-state index in [-0.39, 0.29) is 17.4 Å². The number of hydrogen-bond acceptors (Lipinski definition) is 4. The highest BCUT2D eigenvalue weighted by atomic mass is 35.5. The SMILES string of the molecule is C[C@H](C(=O)c1ccc(Cl)cc1)N(C(=O)c1ccc(Cl)cc1)N1C(=O)[C@@H]2[C@H]3C=C[C@@H]([C@@H]4C[C@H]34)[C@H]2C1=O. The summed E-state index contributed by atoms with van der Waals surface area (Å²) in [5.41, 5.74) is 0.555. The van der Waals surface area contributed by atoms with Crippen LogP contribution in [-0.4, -0.2) is 39.6 Å². The van der Waals surface area contributed by atoms with Crippen molar-refractivity contribution in [2.45, 2.75) is 19.4 Å². The second kappa shape index (κ2) is 8.04. The third kappa shape index (κ3) is 3.38. The minimum Gasteiger partial charge on any atom is -0.292 e. The van der Waals surface area contributed by atoms with E-state index in [1.165, 1.54) is 19.1 Å². The van der Waals surface area contributed by atoms with Gasteiger partial charge in [-0.2, -0.15) is 5.01 Å². The molecule has 7 rings (SSSR count). The first-order valence-corrected chi connectivity index (χ1v) is 12.5. The van der Waals surface area contributed by atoms with Crippen LogP contribution in [0.5, 0.6) is 0 Å². The number of imide groups is 1. The van der Waals surface area contributed by atoms with E-state index in [4.69, 9.17) is 23.2 Å². The highest BCUT2D eigenvalue weighted by Gasteiger charge is 2.68. The molecule has 3 fully saturated rings. The maximum atomic E-state index is 13.8. The summed E-state index contributed by atoms with van der Waals surface area (Å²) in [4.78, 5) is 54.8. The number of hydrogen-bond donors (Lipinski definition) is 0. The Hall–Kier alpha value is -2.96. The van der Waals surface area contributed by atoms with Crippen molar-refractivity contribution in [3.63, 3.8) is 0 Å². The second-order valence-corrected chi connectivity index (χ2v) is 10.7. The van der Waals surface area contributed by atoms with Crippen LogP contribution in [0.2, 0.25) is 10.0 Å². The number of ketones is 1. The van der Waals surface area contributed by atoms with E-state index in [2.05, 4.69) is 12.2 Å². The van der Waals surface area contributed by atoms with Crippen LogP contribution in [0.4, 0.5) is 0 Å². The van der Waals surface area contributed by atoms with Crippen molar-refractivity contribution >= 4 is 46.7 Å². The normalized spacial score (nSPS) is 30.7. The van der Waals surface area contributed by atoms with Gasteiger partial charge in [0.15, 0.2) is 5.78 Å². The zero-order chi connectivity index (χ0) is 24.6. The molecule has 0 radical (unpaired) electrons. The number of hydrazine groups is 1. The van der Waals surface area contributed by atoms with Gasteiger partial charge in [0.05, 0.1) is 11.8 Å². The molecule has 2 bridgehead atoms. The number of carbonyl (C=O) groups is 4. The van der Waals surface area contributed by atoms with Gasteiger partial charge in [0.2, 0.25) is 0 Å². The third-order valence-corrected chi connectivity index (χ3v) is 8.53. The molecule has 2 saturated carbocycles. The lowest BCUT2D eigenvalue weighted by atomic mass is 9.63. The van der Waals surface area contributed by atoms with E-state index >= 15 is 0 Å². The van der Waals surface area contributed by atoms with Crippen molar-refractivity contribution in [1.82, 2.24) is 10.0 Å². The van der Waals surface area contributed by atoms with Crippen molar-refractivity contribution < 1.29 is 19.2 Å². The summed E-state index contributed by atoms with van der Waals surface area (Å²) in [7, 11) is 0. The molecule has 1 aliphatic heterocycles. The van der Waals surface area contributed by atoms with Crippen LogP contribution in [0.1, 0.15) is 34.1 Å². The molecule has 0 N–H and O–H groups in total. The van der Waals surface area contributed by atoms with Crippen LogP contribution in [-0.2, 0) is 9.59 Å². The van der Waals surface area contributed by atoms with Crippen LogP contribution < -0.4 is 0 Å². The first kappa shape index (κ1) is 22.5. The first-order chi connectivity index (χ1) is 16.8. The van der Waals surface area contributed by atoms with Crippen LogP contribution in [0.15, 0.2) is 60.7 Å². The first-order valence-electron chi connectivity index (χ1n) is 11.7. The molecule has 0 unspecified atom stereocenters. The molecule has 1 saturated heterocycles. The Bertz CT molecular complexity index is 1250. The topological polar surface area (TPSA) is 74.8 Å². The largest absolute Gasteiger partial charge is 0.292 e. The summed E-state index contributed by atoms with van der Waals surface area (Å²) in [6.07, 6.45) is 5.18. The van der Waals surface area contributed by atoms with E-state index in [9.17, 15) is 19.2 Å². The van der Waals surface area contributed by atoms with Gasteiger partial charge in [0, 0.05) is 21.2 Å². The van der Waals surface area contributed by atoms with Crippen molar-refractivity contribution in [2.24, 2.45) is 35.5 Å². The Balaban J connectivity index is 1.40. The fourth-order valence-corrected chi connectivity index (χ4v) is 6.54. The van der Waals surface area contributed by atoms with E-state index in [1.807, 2.05) is 0 Å². The molecule has 6 nitrogen and oxygen atoms in total. The zero-order valence-corrected chi connectivity index (χ0v) is 20.3. The van der Waals surface area contributed by atoms with Crippen LogP contribution in [0, 0.1) is 35.5 Å². The number of allylic oxidation sites excluding steroid dienone is 2. The molecule has 178 valence electrons. The monoisotopic (exact) mass is 508 g/mol. The predicted octanol–water partition coefficient (Wildman–Crippen LogP) is 4.68. The number of halogens is 2. The van der Waals surface area contributed by atoms with E-state index < -0.39 is 41.4 Å². The van der Waals surface area contributed by atoms with Crippen molar-refractivity contribution in [1.29, 1.82) is 0 Å². The highest BCUT2D eigenvalue weighted by Crippen LogP contribution is 2.65. The van der Waals surface area contributed by atoms with Crippen molar-refractivity contribution in [3.05, 3.63) is 81.9 Å². The lowest BCUT2D eigenvalue weighted by Gasteiger charge is -2.37. The van der Waals surface area contributed by atoms with Gasteiger partial charge in [0.1, 0.15) is 6.04 Å². The summed E-state index contributed by atoms with van der Waals surface area (Å²) in [6.45, 7) is 1.54. The van der Waals surface area contributed by atoms with E-state index in [0.29, 0.717) is 27.4 Å². The standard InChI is InChI=1S/C27H22Cl2N2O4/c1-13(24(32)14-2-6-16(28)7-3-14)30(25(33)15-4-8-17(29)9-5-15)31-26(34)22-18-10-11-19(21-12-20(18)21)23(22)27(31)35/h2-11,13,18-23H,12H2,1H3/t13-,18+,19+,20-,21+,22-,23-/m1/s1. The van der Waals surface area contributed by atoms with Gasteiger partial charge in [-0.3, -0.25) is 19.2 Å². The van der Waals surface area contributed by atoms with E-state index in [0.717, 1.165) is 16.4 Å². The molecule has 0 aromatic heterocycles. The molecule has 8 heteroatoms. The van der Waals surface area contributed by atoms with Crippen LogP contribution >= 0.6 is 23.2 Å². The fraction of sp³-hybridized carbons (Fsp3) is 0.333. The van der Waals surface area contributed by atoms with Gasteiger partial charge in [-0.05, 0) is 85.5 Å². The molecule has 2 aromatic carbocycles. The van der Waals surface area contributed by atoms with Gasteiger partial charge in [0.25, 0.3) is 17.7 Å². The second-order valence-electron chi connectivity index (χ2n) is 9.85. The Morgan fingerprint density at radius 1 is 0.829 bits per heavy atom. The van der Waals surface area contributed by atoms with Crippen LogP contribution in [0.3, 0.4) is 0 Å². The summed E-state index contributed by atoms with van der Waals surface area (Å²) in [5.74, 6) is -1.92. The maximum Gasteiger partial charge on any atom is 0.273 e. The third-order valence-electron chi connectivity index (χ3n) is 8.03. The van der Waals surface area contributed by atoms with Crippen LogP contribution in [0.25, 0.3) is 0 Å². The van der Waals surface area contributed by atoms with Gasteiger partial charge in [-0.15, -0.1) is 0 Å². The molecule has 2 aromatic rings. The minimum absolute atomic E-state index is 0.00575. The summed E-state index contributed by atoms with van der Waals surface area (Å²) in [6, 6.07) is 11.4. The number of nitrogens with zero attached hydrogens (tertiary/aromatic N) is 2. The molecular weight excluding hydrogens is 487 g/mol. The fourth-order valence-electron chi connectivity index (χ4n) is 6.28. The molecular formula is C27H22Cl2N2O4. The predicted molar refractivity (Wildman–Crippen MR) is 129 cm³/mol. The average molecular weight is 509 g/mol. The molecule has 3 amide bonds. The Morgan fingerprint density at radius 2 is 1.29 bits per heavy atom. The molecule has 1 heterocycles. The highest BCUT2D eigenvalue weighted by molar-refractivity contribution is 6.31. The molecule has 0 spiro atoms. The maximum absolute atomic E-state index is 13.8. The summed E-state index contributed by atoms with van der Waals surface area (Å²) < 4.78 is 0. The van der Waals surface area contributed by atoms with Gasteiger partial charge < -0.3 is 0 Å². The average Bonchev–Trinajstić information content (AvgIpc) is 3.64. The number of benzene rings is 2. The van der Waals surface area contributed by atoms with E-state index in [1.54, 1.807) is 36.4 Å². The summed E-state index contributed by atoms with van der Waals surface area (Å²) in [5, 5.41) is 2.93. The lowest BCUT2D eigenvalue weighted by Crippen LogP contribution is -2.56. The smallest absolute Gasteiger partial charge is 0.273 e. The number of amides is 3. The van der Waals surface area contributed by atoms with Crippen molar-refractivity contribution in [3.8, 4) is 0 Å². The van der Waals surface area contributed by atoms with Gasteiger partial charge in [-0.25, -0.2) is 5.01 Å². The Morgan fingerprint density at radius 3 is 1.77 bits per heavy atom. The Labute approximate surface area is 212 Å². The van der Waals surface area contributed by atoms with Gasteiger partial charge in [-0.1, -0.05) is 35.4 Å². The number of Topliss-reactive ketones (excluding diaryl/α,β-unsaturated/α-hetero) is 1. The quantitative estimate of drug-likeness (QED) is 0.334. The molecule has 7 atom stereocenters. The number of carbonyl (C=O) groups excluding carboxylic acids is 4. The minimum atomic E-state index is -1.10. The summed E-state index contributed by atoms with van der Waals surface area (Å²) >= 11 is 12.0.